The number of carbonyl (C=O) groups is 1. The largest absolute Gasteiger partial charge is 0.418 e. The van der Waals surface area contributed by atoms with E-state index in [0.717, 1.165) is 45.3 Å². The van der Waals surface area contributed by atoms with E-state index in [2.05, 4.69) is 30.0 Å². The van der Waals surface area contributed by atoms with Gasteiger partial charge < -0.3 is 9.74 Å². The zero-order valence-electron chi connectivity index (χ0n) is 13.0. The molecule has 0 radical (unpaired) electrons. The van der Waals surface area contributed by atoms with Gasteiger partial charge in [-0.15, -0.1) is 0 Å². The van der Waals surface area contributed by atoms with Crippen LogP contribution in [0.15, 0.2) is 4.99 Å². The first kappa shape index (κ1) is 19.0. The summed E-state index contributed by atoms with van der Waals surface area (Å²) in [5, 5.41) is 2.91. The Kier molecular flexibility index (Phi) is 11.2. The van der Waals surface area contributed by atoms with Gasteiger partial charge in [0.25, 0.3) is 0 Å². The minimum atomic E-state index is -1.39. The smallest absolute Gasteiger partial charge is 0.234 e. The lowest BCUT2D eigenvalue weighted by Gasteiger charge is -2.16. The van der Waals surface area contributed by atoms with Crippen molar-refractivity contribution in [3.8, 4) is 0 Å². The maximum absolute atomic E-state index is 11.5. The first-order valence-electron chi connectivity index (χ1n) is 7.40. The van der Waals surface area contributed by atoms with Crippen LogP contribution in [0.2, 0.25) is 19.6 Å². The van der Waals surface area contributed by atoms with Gasteiger partial charge in [0.15, 0.2) is 8.32 Å². The maximum atomic E-state index is 11.5. The zero-order chi connectivity index (χ0) is 15.3. The summed E-state index contributed by atoms with van der Waals surface area (Å²) in [6.07, 6.45) is 6.63. The van der Waals surface area contributed by atoms with Gasteiger partial charge in [0.2, 0.25) is 12.0 Å². The molecule has 0 saturated carbocycles. The van der Waals surface area contributed by atoms with E-state index < -0.39 is 8.32 Å². The molecule has 0 aromatic rings. The van der Waals surface area contributed by atoms with Crippen molar-refractivity contribution in [2.45, 2.75) is 58.2 Å². The van der Waals surface area contributed by atoms with E-state index in [-0.39, 0.29) is 5.91 Å². The van der Waals surface area contributed by atoms with Crippen molar-refractivity contribution in [1.29, 1.82) is 0 Å². The average Bonchev–Trinajstić information content (AvgIpc) is 2.36. The van der Waals surface area contributed by atoms with Crippen molar-refractivity contribution >= 4 is 20.3 Å². The molecule has 0 rings (SSSR count). The van der Waals surface area contributed by atoms with E-state index in [4.69, 9.17) is 4.43 Å². The summed E-state index contributed by atoms with van der Waals surface area (Å²) in [6, 6.07) is 0. The number of hydrogen-bond acceptors (Lipinski definition) is 4. The highest BCUT2D eigenvalue weighted by Gasteiger charge is 2.12. The van der Waals surface area contributed by atoms with Gasteiger partial charge in [-0.1, -0.05) is 6.42 Å². The lowest BCUT2D eigenvalue weighted by atomic mass is 10.2. The van der Waals surface area contributed by atoms with Gasteiger partial charge in [0.1, 0.15) is 0 Å². The van der Waals surface area contributed by atoms with Crippen LogP contribution in [0.1, 0.15) is 38.5 Å². The van der Waals surface area contributed by atoms with Crippen LogP contribution in [0, 0.1) is 0 Å². The van der Waals surface area contributed by atoms with E-state index in [9.17, 15) is 9.59 Å². The van der Waals surface area contributed by atoms with Gasteiger partial charge in [-0.3, -0.25) is 4.79 Å². The van der Waals surface area contributed by atoms with Gasteiger partial charge in [0.05, 0.1) is 6.54 Å². The van der Waals surface area contributed by atoms with E-state index in [1.54, 1.807) is 0 Å². The molecular weight excluding hydrogens is 272 g/mol. The number of amides is 1. The molecule has 0 aliphatic heterocycles. The molecule has 5 nitrogen and oxygen atoms in total. The SMILES string of the molecule is C[Si](C)(C)OCCCCNC(=O)CCCCCN=C=O. The van der Waals surface area contributed by atoms with Crippen LogP contribution in [0.5, 0.6) is 0 Å². The minimum absolute atomic E-state index is 0.106. The third kappa shape index (κ3) is 15.1. The van der Waals surface area contributed by atoms with Crippen LogP contribution in [0.4, 0.5) is 0 Å². The molecule has 1 N–H and O–H groups in total. The number of aliphatic imine (C=N–C) groups is 1. The molecule has 1 amide bonds. The molecule has 0 aromatic carbocycles. The van der Waals surface area contributed by atoms with E-state index >= 15 is 0 Å². The van der Waals surface area contributed by atoms with Crippen molar-refractivity contribution in [2.24, 2.45) is 4.99 Å². The van der Waals surface area contributed by atoms with Crippen LogP contribution in [0.3, 0.4) is 0 Å². The zero-order valence-corrected chi connectivity index (χ0v) is 14.0. The summed E-state index contributed by atoms with van der Waals surface area (Å²) in [6.45, 7) is 8.56. The van der Waals surface area contributed by atoms with Crippen molar-refractivity contribution in [3.63, 3.8) is 0 Å². The fraction of sp³-hybridized carbons (Fsp3) is 0.857. The summed E-state index contributed by atoms with van der Waals surface area (Å²) >= 11 is 0. The Labute approximate surface area is 123 Å². The Morgan fingerprint density at radius 3 is 2.55 bits per heavy atom. The summed E-state index contributed by atoms with van der Waals surface area (Å²) in [5.41, 5.74) is 0. The topological polar surface area (TPSA) is 67.8 Å². The summed E-state index contributed by atoms with van der Waals surface area (Å²) in [7, 11) is -1.39. The van der Waals surface area contributed by atoms with Gasteiger partial charge in [-0.2, -0.15) is 0 Å². The molecular formula is C14H28N2O3Si. The lowest BCUT2D eigenvalue weighted by Crippen LogP contribution is -2.27. The van der Waals surface area contributed by atoms with Gasteiger partial charge in [0, 0.05) is 19.6 Å². The molecule has 0 heterocycles. The first-order valence-corrected chi connectivity index (χ1v) is 10.8. The fourth-order valence-corrected chi connectivity index (χ4v) is 2.38. The van der Waals surface area contributed by atoms with Gasteiger partial charge >= 0.3 is 0 Å². The van der Waals surface area contributed by atoms with Gasteiger partial charge in [-0.05, 0) is 45.3 Å². The molecule has 0 bridgehead atoms. The highest BCUT2D eigenvalue weighted by molar-refractivity contribution is 6.69. The second-order valence-electron chi connectivity index (χ2n) is 5.80. The number of nitrogens with zero attached hydrogens (tertiary/aromatic N) is 1. The summed E-state index contributed by atoms with van der Waals surface area (Å²) in [4.78, 5) is 24.8. The van der Waals surface area contributed by atoms with Crippen molar-refractivity contribution in [1.82, 2.24) is 5.32 Å². The Bertz CT molecular complexity index is 310. The second kappa shape index (κ2) is 11.8. The molecule has 0 atom stereocenters. The molecule has 6 heteroatoms. The minimum Gasteiger partial charge on any atom is -0.418 e. The highest BCUT2D eigenvalue weighted by atomic mass is 28.4. The third-order valence-electron chi connectivity index (χ3n) is 2.67. The Hall–Kier alpha value is -0.973. The number of nitrogens with one attached hydrogen (secondary N) is 1. The van der Waals surface area contributed by atoms with Crippen LogP contribution in [-0.2, 0) is 14.0 Å². The summed E-state index contributed by atoms with van der Waals surface area (Å²) < 4.78 is 5.74. The number of carbonyl (C=O) groups excluding carboxylic acids is 2. The van der Waals surface area contributed by atoms with Gasteiger partial charge in [-0.25, -0.2) is 9.79 Å². The number of rotatable bonds is 12. The molecule has 20 heavy (non-hydrogen) atoms. The predicted octanol–water partition coefficient (Wildman–Crippen LogP) is 2.63. The van der Waals surface area contributed by atoms with Crippen molar-refractivity contribution < 1.29 is 14.0 Å². The van der Waals surface area contributed by atoms with Crippen molar-refractivity contribution in [3.05, 3.63) is 0 Å². The van der Waals surface area contributed by atoms with Crippen LogP contribution in [-0.4, -0.2) is 40.0 Å². The molecule has 0 aromatic heterocycles. The molecule has 0 unspecified atom stereocenters. The van der Waals surface area contributed by atoms with Crippen molar-refractivity contribution in [2.75, 3.05) is 19.7 Å². The molecule has 0 aliphatic carbocycles. The molecule has 0 spiro atoms. The standard InChI is InChI=1S/C14H28N2O3Si/c1-20(2,3)19-12-8-7-11-16-14(18)9-5-4-6-10-15-13-17/h4-12H2,1-3H3,(H,16,18). The maximum Gasteiger partial charge on any atom is 0.234 e. The lowest BCUT2D eigenvalue weighted by molar-refractivity contribution is -0.121. The summed E-state index contributed by atoms with van der Waals surface area (Å²) in [5.74, 6) is 0.106. The molecule has 0 saturated heterocycles. The molecule has 0 fully saturated rings. The Morgan fingerprint density at radius 2 is 1.90 bits per heavy atom. The normalized spacial score (nSPS) is 10.9. The van der Waals surface area contributed by atoms with Crippen LogP contribution < -0.4 is 5.32 Å². The Balaban J connectivity index is 3.30. The second-order valence-corrected chi connectivity index (χ2v) is 10.3. The number of hydrogen-bond donors (Lipinski definition) is 1. The predicted molar refractivity (Wildman–Crippen MR) is 83.0 cm³/mol. The molecule has 0 aliphatic rings. The molecule has 116 valence electrons. The quantitative estimate of drug-likeness (QED) is 0.261. The average molecular weight is 300 g/mol. The Morgan fingerprint density at radius 1 is 1.15 bits per heavy atom. The first-order chi connectivity index (χ1) is 9.45. The fourth-order valence-electron chi connectivity index (χ4n) is 1.62. The van der Waals surface area contributed by atoms with Crippen LogP contribution in [0.25, 0.3) is 0 Å². The van der Waals surface area contributed by atoms with E-state index in [1.165, 1.54) is 6.08 Å². The van der Waals surface area contributed by atoms with E-state index in [0.29, 0.717) is 13.0 Å². The number of isocyanates is 1. The van der Waals surface area contributed by atoms with E-state index in [1.807, 2.05) is 0 Å². The monoisotopic (exact) mass is 300 g/mol. The van der Waals surface area contributed by atoms with Crippen LogP contribution >= 0.6 is 0 Å². The number of unbranched alkanes of at least 4 members (excludes halogenated alkanes) is 3. The third-order valence-corrected chi connectivity index (χ3v) is 3.74. The highest BCUT2D eigenvalue weighted by Crippen LogP contribution is 2.04.